The molecule has 2 aromatic rings. The van der Waals surface area contributed by atoms with Crippen LogP contribution in [0.1, 0.15) is 33.6 Å². The second kappa shape index (κ2) is 6.91. The van der Waals surface area contributed by atoms with Crippen LogP contribution in [0.4, 0.5) is 8.78 Å². The topological polar surface area (TPSA) is 37.4 Å². The van der Waals surface area contributed by atoms with E-state index < -0.39 is 17.5 Å². The van der Waals surface area contributed by atoms with E-state index in [-0.39, 0.29) is 17.3 Å². The molecule has 24 heavy (non-hydrogen) atoms. The first-order valence-electron chi connectivity index (χ1n) is 7.90. The number of halogens is 2. The Hall–Kier alpha value is -2.56. The summed E-state index contributed by atoms with van der Waals surface area (Å²) in [5, 5.41) is 0. The lowest BCUT2D eigenvalue weighted by atomic mass is 9.88. The predicted octanol–water partition coefficient (Wildman–Crippen LogP) is 3.70. The summed E-state index contributed by atoms with van der Waals surface area (Å²) in [5.41, 5.74) is 0.404. The molecule has 2 aromatic carbocycles. The average Bonchev–Trinajstić information content (AvgIpc) is 2.63. The SMILES string of the molecule is O=C(c1ccccc1)C1CCN(C(=O)c2cc(F)ccc2F)CC1. The molecule has 0 atom stereocenters. The molecule has 0 unspecified atom stereocenters. The normalized spacial score (nSPS) is 15.3. The van der Waals surface area contributed by atoms with Crippen molar-refractivity contribution < 1.29 is 18.4 Å². The molecule has 0 spiro atoms. The molecule has 0 aliphatic carbocycles. The zero-order valence-electron chi connectivity index (χ0n) is 13.0. The van der Waals surface area contributed by atoms with Crippen molar-refractivity contribution in [3.8, 4) is 0 Å². The molecule has 124 valence electrons. The summed E-state index contributed by atoms with van der Waals surface area (Å²) in [5.74, 6) is -1.98. The highest BCUT2D eigenvalue weighted by atomic mass is 19.1. The molecule has 5 heteroatoms. The van der Waals surface area contributed by atoms with Gasteiger partial charge in [0.25, 0.3) is 5.91 Å². The van der Waals surface area contributed by atoms with Crippen LogP contribution in [0.3, 0.4) is 0 Å². The van der Waals surface area contributed by atoms with Gasteiger partial charge in [0.2, 0.25) is 0 Å². The van der Waals surface area contributed by atoms with Crippen LogP contribution in [0.15, 0.2) is 48.5 Å². The number of Topliss-reactive ketones (excluding diaryl/α,β-unsaturated/α-hetero) is 1. The number of rotatable bonds is 3. The van der Waals surface area contributed by atoms with Crippen LogP contribution in [-0.4, -0.2) is 29.7 Å². The maximum absolute atomic E-state index is 13.7. The summed E-state index contributed by atoms with van der Waals surface area (Å²) in [7, 11) is 0. The first-order valence-corrected chi connectivity index (χ1v) is 7.90. The summed E-state index contributed by atoms with van der Waals surface area (Å²) in [6.45, 7) is 0.718. The van der Waals surface area contributed by atoms with E-state index in [1.807, 2.05) is 18.2 Å². The fourth-order valence-corrected chi connectivity index (χ4v) is 3.01. The highest BCUT2D eigenvalue weighted by Gasteiger charge is 2.29. The van der Waals surface area contributed by atoms with E-state index in [4.69, 9.17) is 0 Å². The lowest BCUT2D eigenvalue weighted by molar-refractivity contribution is 0.0646. The van der Waals surface area contributed by atoms with Crippen molar-refractivity contribution in [2.45, 2.75) is 12.8 Å². The standard InChI is InChI=1S/C19H17F2NO2/c20-15-6-7-17(21)16(12-15)19(24)22-10-8-14(9-11-22)18(23)13-4-2-1-3-5-13/h1-7,12,14H,8-11H2. The second-order valence-corrected chi connectivity index (χ2v) is 5.92. The molecule has 1 aliphatic rings. The van der Waals surface area contributed by atoms with E-state index in [0.29, 0.717) is 31.5 Å². The number of piperidine rings is 1. The molecule has 0 aromatic heterocycles. The Labute approximate surface area is 138 Å². The molecule has 1 heterocycles. The summed E-state index contributed by atoms with van der Waals surface area (Å²) in [4.78, 5) is 26.3. The first kappa shape index (κ1) is 16.3. The predicted molar refractivity (Wildman–Crippen MR) is 85.8 cm³/mol. The molecule has 1 fully saturated rings. The molecule has 3 nitrogen and oxygen atoms in total. The van der Waals surface area contributed by atoms with Crippen molar-refractivity contribution in [2.75, 3.05) is 13.1 Å². The Morgan fingerprint density at radius 1 is 0.958 bits per heavy atom. The fourth-order valence-electron chi connectivity index (χ4n) is 3.01. The quantitative estimate of drug-likeness (QED) is 0.805. The minimum atomic E-state index is -0.733. The number of carbonyl (C=O) groups excluding carboxylic acids is 2. The van der Waals surface area contributed by atoms with Crippen LogP contribution in [-0.2, 0) is 0 Å². The third-order valence-electron chi connectivity index (χ3n) is 4.37. The summed E-state index contributed by atoms with van der Waals surface area (Å²) in [6, 6.07) is 11.9. The summed E-state index contributed by atoms with van der Waals surface area (Å²) < 4.78 is 27.0. The van der Waals surface area contributed by atoms with E-state index in [2.05, 4.69) is 0 Å². The van der Waals surface area contributed by atoms with Crippen molar-refractivity contribution in [1.82, 2.24) is 4.90 Å². The van der Waals surface area contributed by atoms with Gasteiger partial charge in [-0.15, -0.1) is 0 Å². The number of benzene rings is 2. The van der Waals surface area contributed by atoms with Crippen LogP contribution >= 0.6 is 0 Å². The van der Waals surface area contributed by atoms with Gasteiger partial charge in [0.15, 0.2) is 5.78 Å². The van der Waals surface area contributed by atoms with Gasteiger partial charge in [0, 0.05) is 24.6 Å². The number of hydrogen-bond donors (Lipinski definition) is 0. The van der Waals surface area contributed by atoms with E-state index >= 15 is 0 Å². The van der Waals surface area contributed by atoms with Gasteiger partial charge in [-0.25, -0.2) is 8.78 Å². The fraction of sp³-hybridized carbons (Fsp3) is 0.263. The zero-order chi connectivity index (χ0) is 17.1. The number of carbonyl (C=O) groups is 2. The smallest absolute Gasteiger partial charge is 0.256 e. The van der Waals surface area contributed by atoms with Gasteiger partial charge in [-0.1, -0.05) is 30.3 Å². The average molecular weight is 329 g/mol. The van der Waals surface area contributed by atoms with Gasteiger partial charge in [-0.3, -0.25) is 9.59 Å². The Kier molecular flexibility index (Phi) is 4.69. The molecule has 0 radical (unpaired) electrons. The number of ketones is 1. The highest BCUT2D eigenvalue weighted by molar-refractivity contribution is 5.98. The van der Waals surface area contributed by atoms with Crippen LogP contribution in [0.25, 0.3) is 0 Å². The third-order valence-corrected chi connectivity index (χ3v) is 4.37. The molecule has 1 aliphatic heterocycles. The van der Waals surface area contributed by atoms with Gasteiger partial charge < -0.3 is 4.90 Å². The number of amides is 1. The molecule has 1 amide bonds. The van der Waals surface area contributed by atoms with E-state index in [1.165, 1.54) is 4.90 Å². The number of hydrogen-bond acceptors (Lipinski definition) is 2. The van der Waals surface area contributed by atoms with Gasteiger partial charge in [-0.2, -0.15) is 0 Å². The summed E-state index contributed by atoms with van der Waals surface area (Å²) in [6.07, 6.45) is 1.05. The number of likely N-dealkylation sites (tertiary alicyclic amines) is 1. The second-order valence-electron chi connectivity index (χ2n) is 5.92. The molecule has 0 bridgehead atoms. The maximum Gasteiger partial charge on any atom is 0.256 e. The molecule has 0 saturated carbocycles. The minimum Gasteiger partial charge on any atom is -0.339 e. The van der Waals surface area contributed by atoms with E-state index in [9.17, 15) is 18.4 Å². The van der Waals surface area contributed by atoms with Crippen LogP contribution in [0.5, 0.6) is 0 Å². The van der Waals surface area contributed by atoms with Crippen molar-refractivity contribution in [1.29, 1.82) is 0 Å². The van der Waals surface area contributed by atoms with Crippen molar-refractivity contribution in [2.24, 2.45) is 5.92 Å². The van der Waals surface area contributed by atoms with Crippen LogP contribution < -0.4 is 0 Å². The largest absolute Gasteiger partial charge is 0.339 e. The van der Waals surface area contributed by atoms with E-state index in [0.717, 1.165) is 18.2 Å². The first-order chi connectivity index (χ1) is 11.6. The Morgan fingerprint density at radius 2 is 1.62 bits per heavy atom. The van der Waals surface area contributed by atoms with E-state index in [1.54, 1.807) is 12.1 Å². The third kappa shape index (κ3) is 3.35. The van der Waals surface area contributed by atoms with Gasteiger partial charge in [0.05, 0.1) is 5.56 Å². The molecular weight excluding hydrogens is 312 g/mol. The monoisotopic (exact) mass is 329 g/mol. The zero-order valence-corrected chi connectivity index (χ0v) is 13.0. The van der Waals surface area contributed by atoms with Crippen molar-refractivity contribution >= 4 is 11.7 Å². The van der Waals surface area contributed by atoms with Gasteiger partial charge >= 0.3 is 0 Å². The van der Waals surface area contributed by atoms with Gasteiger partial charge in [0.1, 0.15) is 11.6 Å². The van der Waals surface area contributed by atoms with Crippen molar-refractivity contribution in [3.63, 3.8) is 0 Å². The van der Waals surface area contributed by atoms with Crippen LogP contribution in [0, 0.1) is 17.6 Å². The molecule has 1 saturated heterocycles. The van der Waals surface area contributed by atoms with Crippen molar-refractivity contribution in [3.05, 3.63) is 71.3 Å². The Bertz CT molecular complexity index is 753. The minimum absolute atomic E-state index is 0.0691. The maximum atomic E-state index is 13.7. The highest BCUT2D eigenvalue weighted by Crippen LogP contribution is 2.23. The molecular formula is C19H17F2NO2. The summed E-state index contributed by atoms with van der Waals surface area (Å²) >= 11 is 0. The number of nitrogens with zero attached hydrogens (tertiary/aromatic N) is 1. The lowest BCUT2D eigenvalue weighted by Crippen LogP contribution is -2.40. The lowest BCUT2D eigenvalue weighted by Gasteiger charge is -2.31. The van der Waals surface area contributed by atoms with Crippen LogP contribution in [0.2, 0.25) is 0 Å². The van der Waals surface area contributed by atoms with Gasteiger partial charge in [-0.05, 0) is 31.0 Å². The Morgan fingerprint density at radius 3 is 2.29 bits per heavy atom. The molecule has 3 rings (SSSR count). The molecule has 0 N–H and O–H groups in total. The Balaban J connectivity index is 1.66.